The van der Waals surface area contributed by atoms with Crippen LogP contribution in [0.4, 0.5) is 0 Å². The van der Waals surface area contributed by atoms with E-state index in [1.165, 1.54) is 9.80 Å². The number of carbonyl (C=O) groups is 2. The summed E-state index contributed by atoms with van der Waals surface area (Å²) in [5, 5.41) is 0. The van der Waals surface area contributed by atoms with Crippen molar-refractivity contribution in [1.82, 2.24) is 9.80 Å². The third-order valence-corrected chi connectivity index (χ3v) is 2.88. The van der Waals surface area contributed by atoms with Crippen molar-refractivity contribution in [3.63, 3.8) is 0 Å². The molecule has 0 rings (SSSR count). The van der Waals surface area contributed by atoms with Gasteiger partial charge in [-0.25, -0.2) is 0 Å². The molecule has 0 aromatic heterocycles. The molecule has 0 aromatic carbocycles. The molecule has 0 aliphatic rings. The van der Waals surface area contributed by atoms with Gasteiger partial charge < -0.3 is 20.3 Å². The van der Waals surface area contributed by atoms with Crippen LogP contribution < -0.4 is 5.73 Å². The molecule has 2 amide bonds. The number of rotatable bonds is 7. The van der Waals surface area contributed by atoms with Crippen LogP contribution >= 0.6 is 0 Å². The van der Waals surface area contributed by atoms with Crippen molar-refractivity contribution in [2.75, 3.05) is 40.9 Å². The highest BCUT2D eigenvalue weighted by molar-refractivity contribution is 5.85. The lowest BCUT2D eigenvalue weighted by molar-refractivity contribution is -0.142. The average molecular weight is 259 g/mol. The number of hydrogen-bond donors (Lipinski definition) is 1. The molecule has 0 aliphatic carbocycles. The second-order valence-corrected chi connectivity index (χ2v) is 4.69. The highest BCUT2D eigenvalue weighted by atomic mass is 16.5. The number of nitrogens with zero attached hydrogens (tertiary/aromatic N) is 2. The van der Waals surface area contributed by atoms with Crippen LogP contribution in [0.25, 0.3) is 0 Å². The molecule has 0 aliphatic heterocycles. The van der Waals surface area contributed by atoms with E-state index >= 15 is 0 Å². The molecule has 0 heterocycles. The van der Waals surface area contributed by atoms with Gasteiger partial charge in [-0.2, -0.15) is 0 Å². The molecule has 0 saturated carbocycles. The van der Waals surface area contributed by atoms with Gasteiger partial charge in [0.25, 0.3) is 0 Å². The standard InChI is InChI=1S/C12H25N3O3/c1-9(10(2)13)12(17)15(6-7-18-5)8-11(16)14(3)4/h9-10H,6-8,13H2,1-5H3. The molecule has 0 saturated heterocycles. The fourth-order valence-corrected chi connectivity index (χ4v) is 1.29. The van der Waals surface area contributed by atoms with E-state index in [4.69, 9.17) is 10.5 Å². The van der Waals surface area contributed by atoms with Gasteiger partial charge in [-0.05, 0) is 6.92 Å². The van der Waals surface area contributed by atoms with Crippen LogP contribution in [0.5, 0.6) is 0 Å². The van der Waals surface area contributed by atoms with Gasteiger partial charge in [0.05, 0.1) is 19.1 Å². The predicted molar refractivity (Wildman–Crippen MR) is 70.0 cm³/mol. The Labute approximate surface area is 109 Å². The lowest BCUT2D eigenvalue weighted by Gasteiger charge is -2.27. The van der Waals surface area contributed by atoms with E-state index in [9.17, 15) is 9.59 Å². The minimum atomic E-state index is -0.309. The fraction of sp³-hybridized carbons (Fsp3) is 0.833. The van der Waals surface area contributed by atoms with Crippen molar-refractivity contribution in [2.45, 2.75) is 19.9 Å². The van der Waals surface area contributed by atoms with Crippen molar-refractivity contribution in [3.05, 3.63) is 0 Å². The lowest BCUT2D eigenvalue weighted by Crippen LogP contribution is -2.47. The summed E-state index contributed by atoms with van der Waals surface area (Å²) in [6.07, 6.45) is 0. The van der Waals surface area contributed by atoms with Gasteiger partial charge in [-0.15, -0.1) is 0 Å². The van der Waals surface area contributed by atoms with Gasteiger partial charge in [-0.3, -0.25) is 9.59 Å². The van der Waals surface area contributed by atoms with Crippen LogP contribution in [0.3, 0.4) is 0 Å². The van der Waals surface area contributed by atoms with Crippen LogP contribution in [-0.4, -0.2) is 68.6 Å². The summed E-state index contributed by atoms with van der Waals surface area (Å²) in [7, 11) is 4.89. The molecule has 18 heavy (non-hydrogen) atoms. The summed E-state index contributed by atoms with van der Waals surface area (Å²) in [5.74, 6) is -0.537. The Morgan fingerprint density at radius 1 is 1.28 bits per heavy atom. The van der Waals surface area contributed by atoms with Gasteiger partial charge in [0.2, 0.25) is 11.8 Å². The number of amides is 2. The van der Waals surface area contributed by atoms with Crippen molar-refractivity contribution < 1.29 is 14.3 Å². The van der Waals surface area contributed by atoms with E-state index in [-0.39, 0.29) is 30.3 Å². The zero-order valence-electron chi connectivity index (χ0n) is 12.0. The Bertz CT molecular complexity index is 280. The molecule has 2 N–H and O–H groups in total. The summed E-state index contributed by atoms with van der Waals surface area (Å²) in [6.45, 7) is 4.41. The average Bonchev–Trinajstić information content (AvgIpc) is 2.31. The maximum atomic E-state index is 12.2. The number of nitrogens with two attached hydrogens (primary N) is 1. The molecule has 0 spiro atoms. The number of hydrogen-bond acceptors (Lipinski definition) is 4. The quantitative estimate of drug-likeness (QED) is 0.671. The highest BCUT2D eigenvalue weighted by Gasteiger charge is 2.25. The van der Waals surface area contributed by atoms with E-state index in [2.05, 4.69) is 0 Å². The highest BCUT2D eigenvalue weighted by Crippen LogP contribution is 2.06. The number of carbonyl (C=O) groups excluding carboxylic acids is 2. The van der Waals surface area contributed by atoms with Gasteiger partial charge in [0, 0.05) is 33.8 Å². The summed E-state index contributed by atoms with van der Waals surface area (Å²) in [5.41, 5.74) is 5.72. The topological polar surface area (TPSA) is 75.9 Å². The van der Waals surface area contributed by atoms with Gasteiger partial charge in [0.1, 0.15) is 0 Å². The zero-order chi connectivity index (χ0) is 14.3. The fourth-order valence-electron chi connectivity index (χ4n) is 1.29. The molecule has 0 bridgehead atoms. The second-order valence-electron chi connectivity index (χ2n) is 4.69. The second kappa shape index (κ2) is 8.05. The first-order valence-electron chi connectivity index (χ1n) is 6.04. The van der Waals surface area contributed by atoms with Gasteiger partial charge in [-0.1, -0.05) is 6.92 Å². The Hall–Kier alpha value is -1.14. The molecule has 0 fully saturated rings. The Morgan fingerprint density at radius 3 is 2.22 bits per heavy atom. The van der Waals surface area contributed by atoms with Gasteiger partial charge in [0.15, 0.2) is 0 Å². The van der Waals surface area contributed by atoms with Crippen LogP contribution in [0.1, 0.15) is 13.8 Å². The summed E-state index contributed by atoms with van der Waals surface area (Å²) in [4.78, 5) is 26.8. The zero-order valence-corrected chi connectivity index (χ0v) is 12.0. The molecule has 0 aromatic rings. The molecular formula is C12H25N3O3. The first kappa shape index (κ1) is 16.9. The molecular weight excluding hydrogens is 234 g/mol. The van der Waals surface area contributed by atoms with Crippen molar-refractivity contribution in [3.8, 4) is 0 Å². The van der Waals surface area contributed by atoms with Crippen molar-refractivity contribution in [2.24, 2.45) is 11.7 Å². The van der Waals surface area contributed by atoms with Crippen molar-refractivity contribution in [1.29, 1.82) is 0 Å². The molecule has 2 unspecified atom stereocenters. The van der Waals surface area contributed by atoms with E-state index in [0.29, 0.717) is 13.2 Å². The number of ether oxygens (including phenoxy) is 1. The minimum Gasteiger partial charge on any atom is -0.383 e. The van der Waals surface area contributed by atoms with E-state index in [0.717, 1.165) is 0 Å². The smallest absolute Gasteiger partial charge is 0.241 e. The van der Waals surface area contributed by atoms with Crippen LogP contribution in [0.15, 0.2) is 0 Å². The molecule has 2 atom stereocenters. The number of methoxy groups -OCH3 is 1. The predicted octanol–water partition coefficient (Wildman–Crippen LogP) is -0.467. The lowest BCUT2D eigenvalue weighted by atomic mass is 10.0. The molecule has 6 heteroatoms. The summed E-state index contributed by atoms with van der Waals surface area (Å²) in [6, 6.07) is -0.239. The monoisotopic (exact) mass is 259 g/mol. The molecule has 6 nitrogen and oxygen atoms in total. The Morgan fingerprint density at radius 2 is 1.83 bits per heavy atom. The number of likely N-dealkylation sites (N-methyl/N-ethyl adjacent to an activating group) is 1. The maximum absolute atomic E-state index is 12.2. The van der Waals surface area contributed by atoms with Crippen LogP contribution in [-0.2, 0) is 14.3 Å². The molecule has 0 radical (unpaired) electrons. The van der Waals surface area contributed by atoms with E-state index in [1.807, 2.05) is 0 Å². The first-order chi connectivity index (χ1) is 8.31. The third-order valence-electron chi connectivity index (χ3n) is 2.88. The van der Waals surface area contributed by atoms with Crippen LogP contribution in [0, 0.1) is 5.92 Å². The summed E-state index contributed by atoms with van der Waals surface area (Å²) < 4.78 is 4.95. The third kappa shape index (κ3) is 5.46. The largest absolute Gasteiger partial charge is 0.383 e. The Kier molecular flexibility index (Phi) is 7.54. The SMILES string of the molecule is COCCN(CC(=O)N(C)C)C(=O)C(C)C(C)N. The van der Waals surface area contributed by atoms with Crippen molar-refractivity contribution >= 4 is 11.8 Å². The van der Waals surface area contributed by atoms with E-state index in [1.54, 1.807) is 35.1 Å². The minimum absolute atomic E-state index is 0.0618. The Balaban J connectivity index is 4.66. The maximum Gasteiger partial charge on any atom is 0.241 e. The molecule has 106 valence electrons. The van der Waals surface area contributed by atoms with Crippen LogP contribution in [0.2, 0.25) is 0 Å². The normalized spacial score (nSPS) is 13.9. The first-order valence-corrected chi connectivity index (χ1v) is 6.04. The van der Waals surface area contributed by atoms with Gasteiger partial charge >= 0.3 is 0 Å². The summed E-state index contributed by atoms with van der Waals surface area (Å²) >= 11 is 0. The van der Waals surface area contributed by atoms with E-state index < -0.39 is 0 Å².